The Labute approximate surface area is 228 Å². The van der Waals surface area contributed by atoms with Crippen LogP contribution in [0.15, 0.2) is 30.5 Å². The lowest BCUT2D eigenvalue weighted by Crippen LogP contribution is -2.53. The molecule has 0 unspecified atom stereocenters. The van der Waals surface area contributed by atoms with Crippen LogP contribution < -0.4 is 44.3 Å². The number of carbonyl (C=O) groups excluding carboxylic acids is 1. The van der Waals surface area contributed by atoms with Crippen LogP contribution in [0.5, 0.6) is 23.0 Å². The summed E-state index contributed by atoms with van der Waals surface area (Å²) in [5.74, 6) is -0.315. The summed E-state index contributed by atoms with van der Waals surface area (Å²) in [7, 11) is -0.516. The van der Waals surface area contributed by atoms with E-state index in [1.165, 1.54) is 47.3 Å². The van der Waals surface area contributed by atoms with Crippen LogP contribution in [0.2, 0.25) is 0 Å². The minimum Gasteiger partial charge on any atom is -0.811 e. The molecule has 14 nitrogen and oxygen atoms in total. The molecule has 3 aromatic rings. The van der Waals surface area contributed by atoms with Crippen LogP contribution in [0.4, 0.5) is 33.5 Å². The third-order valence-electron chi connectivity index (χ3n) is 5.73. The van der Waals surface area contributed by atoms with Crippen LogP contribution in [0.1, 0.15) is 13.8 Å². The molecule has 0 aliphatic carbocycles. The van der Waals surface area contributed by atoms with Gasteiger partial charge in [0, 0.05) is 24.4 Å². The Morgan fingerprint density at radius 3 is 2.35 bits per heavy atom. The number of pyridine rings is 1. The van der Waals surface area contributed by atoms with Crippen LogP contribution in [-0.2, 0) is 9.36 Å². The van der Waals surface area contributed by atoms with Crippen LogP contribution in [0.3, 0.4) is 0 Å². The van der Waals surface area contributed by atoms with E-state index in [-0.39, 0.29) is 29.2 Å². The van der Waals surface area contributed by atoms with Crippen LogP contribution in [0, 0.1) is 5.82 Å². The number of benzene rings is 1. The monoisotopic (exact) mass is 576 g/mol. The highest BCUT2D eigenvalue weighted by molar-refractivity contribution is 7.48. The molecule has 214 valence electrons. The van der Waals surface area contributed by atoms with Gasteiger partial charge in [0.05, 0.1) is 27.5 Å². The SMILES string of the molecule is COc1cc(Nc2ncc(F)c(Nc3ccc4c(n3)N(CCP(=O)([O-])[O-])C(=O)C(C)(C)O4)n2)cc(OC)c1OC. The third-order valence-corrected chi connectivity index (χ3v) is 6.48. The number of hydrogen-bond acceptors (Lipinski definition) is 13. The Hall–Kier alpha value is -4.20. The number of rotatable bonds is 10. The normalized spacial score (nSPS) is 14.2. The molecule has 0 fully saturated rings. The zero-order valence-corrected chi connectivity index (χ0v) is 23.1. The lowest BCUT2D eigenvalue weighted by atomic mass is 10.1. The Balaban J connectivity index is 1.62. The Kier molecular flexibility index (Phi) is 8.00. The summed E-state index contributed by atoms with van der Waals surface area (Å²) < 4.78 is 47.6. The lowest BCUT2D eigenvalue weighted by Gasteiger charge is -2.40. The number of fused-ring (bicyclic) bond motifs is 1. The number of ether oxygens (including phenoxy) is 4. The smallest absolute Gasteiger partial charge is 0.271 e. The van der Waals surface area contributed by atoms with Crippen molar-refractivity contribution in [2.75, 3.05) is 49.6 Å². The highest BCUT2D eigenvalue weighted by Crippen LogP contribution is 2.41. The van der Waals surface area contributed by atoms with Gasteiger partial charge in [-0.2, -0.15) is 4.98 Å². The molecule has 0 atom stereocenters. The number of nitrogens with one attached hydrogen (secondary N) is 2. The van der Waals surface area contributed by atoms with Gasteiger partial charge in [-0.05, 0) is 32.1 Å². The molecule has 4 rings (SSSR count). The van der Waals surface area contributed by atoms with Crippen molar-refractivity contribution in [1.82, 2.24) is 15.0 Å². The first-order chi connectivity index (χ1) is 18.8. The molecule has 0 radical (unpaired) electrons. The summed E-state index contributed by atoms with van der Waals surface area (Å²) in [6.45, 7) is 2.58. The maximum atomic E-state index is 14.7. The highest BCUT2D eigenvalue weighted by Gasteiger charge is 2.41. The number of halogens is 1. The third kappa shape index (κ3) is 6.17. The predicted octanol–water partition coefficient (Wildman–Crippen LogP) is 1.94. The van der Waals surface area contributed by atoms with Gasteiger partial charge >= 0.3 is 0 Å². The summed E-state index contributed by atoms with van der Waals surface area (Å²) in [6, 6.07) is 6.17. The number of methoxy groups -OCH3 is 3. The van der Waals surface area contributed by atoms with Crippen molar-refractivity contribution in [3.63, 3.8) is 0 Å². The number of aromatic nitrogens is 3. The molecule has 0 saturated heterocycles. The van der Waals surface area contributed by atoms with Gasteiger partial charge in [0.25, 0.3) is 5.91 Å². The molecule has 1 amide bonds. The molecule has 1 aliphatic heterocycles. The van der Waals surface area contributed by atoms with Gasteiger partial charge in [0.15, 0.2) is 40.3 Å². The molecule has 40 heavy (non-hydrogen) atoms. The second-order valence-corrected chi connectivity index (χ2v) is 10.6. The molecule has 0 bridgehead atoms. The number of amides is 1. The Morgan fingerprint density at radius 2 is 1.75 bits per heavy atom. The van der Waals surface area contributed by atoms with E-state index in [4.69, 9.17) is 18.9 Å². The molecule has 0 spiro atoms. The van der Waals surface area contributed by atoms with E-state index in [1.807, 2.05) is 0 Å². The first kappa shape index (κ1) is 28.8. The van der Waals surface area contributed by atoms with Crippen molar-refractivity contribution >= 4 is 42.6 Å². The topological polar surface area (TPSA) is 183 Å². The average molecular weight is 576 g/mol. The van der Waals surface area contributed by atoms with Gasteiger partial charge in [-0.1, -0.05) is 7.60 Å². The van der Waals surface area contributed by atoms with Crippen molar-refractivity contribution in [3.8, 4) is 23.0 Å². The van der Waals surface area contributed by atoms with Crippen molar-refractivity contribution < 1.29 is 42.5 Å². The van der Waals surface area contributed by atoms with Crippen molar-refractivity contribution in [2.45, 2.75) is 19.4 Å². The van der Waals surface area contributed by atoms with Crippen molar-refractivity contribution in [2.24, 2.45) is 0 Å². The number of nitrogens with zero attached hydrogens (tertiary/aromatic N) is 4. The molecule has 1 aromatic carbocycles. The maximum Gasteiger partial charge on any atom is 0.271 e. The fourth-order valence-corrected chi connectivity index (χ4v) is 4.31. The van der Waals surface area contributed by atoms with Crippen LogP contribution in [0.25, 0.3) is 0 Å². The molecule has 2 N–H and O–H groups in total. The molecular formula is C24H26FN6O8P-2. The van der Waals surface area contributed by atoms with E-state index < -0.39 is 37.6 Å². The van der Waals surface area contributed by atoms with Gasteiger partial charge in [-0.3, -0.25) is 9.69 Å². The summed E-state index contributed by atoms with van der Waals surface area (Å²) in [4.78, 5) is 48.9. The van der Waals surface area contributed by atoms with E-state index in [0.29, 0.717) is 22.9 Å². The Bertz CT molecular complexity index is 1460. The summed E-state index contributed by atoms with van der Waals surface area (Å²) in [6.07, 6.45) is 0.139. The largest absolute Gasteiger partial charge is 0.811 e. The van der Waals surface area contributed by atoms with Gasteiger partial charge in [0.2, 0.25) is 11.7 Å². The Morgan fingerprint density at radius 1 is 1.07 bits per heavy atom. The fraction of sp³-hybridized carbons (Fsp3) is 0.333. The fourth-order valence-electron chi connectivity index (χ4n) is 3.87. The van der Waals surface area contributed by atoms with Gasteiger partial charge in [-0.15, -0.1) is 0 Å². The van der Waals surface area contributed by atoms with E-state index in [9.17, 15) is 23.5 Å². The van der Waals surface area contributed by atoms with Gasteiger partial charge in [0.1, 0.15) is 5.82 Å². The minimum absolute atomic E-state index is 0.0136. The second kappa shape index (κ2) is 11.1. The molecular weight excluding hydrogens is 550 g/mol. The minimum atomic E-state index is -4.91. The zero-order chi connectivity index (χ0) is 29.2. The first-order valence-electron chi connectivity index (χ1n) is 11.7. The van der Waals surface area contributed by atoms with E-state index in [0.717, 1.165) is 11.1 Å². The van der Waals surface area contributed by atoms with Crippen LogP contribution >= 0.6 is 7.60 Å². The van der Waals surface area contributed by atoms with Crippen LogP contribution in [-0.4, -0.2) is 60.5 Å². The highest BCUT2D eigenvalue weighted by atomic mass is 31.2. The average Bonchev–Trinajstić information content (AvgIpc) is 2.89. The second-order valence-electron chi connectivity index (χ2n) is 8.98. The predicted molar refractivity (Wildman–Crippen MR) is 138 cm³/mol. The van der Waals surface area contributed by atoms with E-state index in [2.05, 4.69) is 25.6 Å². The molecule has 16 heteroatoms. The lowest BCUT2D eigenvalue weighted by molar-refractivity contribution is -0.313. The van der Waals surface area contributed by atoms with Crippen molar-refractivity contribution in [3.05, 3.63) is 36.3 Å². The summed E-state index contributed by atoms with van der Waals surface area (Å²) in [5.41, 5.74) is -0.868. The zero-order valence-electron chi connectivity index (χ0n) is 22.2. The first-order valence-corrected chi connectivity index (χ1v) is 13.5. The number of hydrogen-bond donors (Lipinski definition) is 2. The number of anilines is 5. The standard InChI is InChI=1S/C24H28FN6O8P/c1-24(2)22(32)31(8-9-40(33,34)35)21-15(39-24)6-7-18(29-21)28-20-14(25)12-26-23(30-20)27-13-10-16(36-3)19(38-5)17(11-13)37-4/h6-7,10-12H,8-9H2,1-5H3,(H2,33,34,35)(H2,26,27,28,29,30)/p-2. The van der Waals surface area contributed by atoms with Crippen molar-refractivity contribution in [1.29, 1.82) is 0 Å². The molecule has 3 heterocycles. The number of carbonyl (C=O) groups is 1. The van der Waals surface area contributed by atoms with E-state index >= 15 is 0 Å². The molecule has 0 saturated carbocycles. The maximum absolute atomic E-state index is 14.7. The van der Waals surface area contributed by atoms with Gasteiger partial charge < -0.3 is 43.9 Å². The molecule has 1 aliphatic rings. The summed E-state index contributed by atoms with van der Waals surface area (Å²) in [5, 5.41) is 5.66. The molecule has 2 aromatic heterocycles. The quantitative estimate of drug-likeness (QED) is 0.334. The van der Waals surface area contributed by atoms with E-state index in [1.54, 1.807) is 12.1 Å². The van der Waals surface area contributed by atoms with Gasteiger partial charge in [-0.25, -0.2) is 14.4 Å². The summed E-state index contributed by atoms with van der Waals surface area (Å²) >= 11 is 0.